The van der Waals surface area contributed by atoms with Gasteiger partial charge < -0.3 is 9.47 Å². The first-order valence-electron chi connectivity index (χ1n) is 6.40. The highest BCUT2D eigenvalue weighted by atomic mass is 16.6. The molecule has 0 aliphatic rings. The second kappa shape index (κ2) is 7.07. The fraction of sp³-hybridized carbons (Fsp3) is 0.133. The molecule has 0 spiro atoms. The van der Waals surface area contributed by atoms with Gasteiger partial charge in [-0.15, -0.1) is 0 Å². The van der Waals surface area contributed by atoms with E-state index in [1.54, 1.807) is 49.6 Å². The van der Waals surface area contributed by atoms with E-state index >= 15 is 0 Å². The molecule has 0 aromatic heterocycles. The monoisotopic (exact) mass is 302 g/mol. The molecule has 7 heteroatoms. The van der Waals surface area contributed by atoms with Gasteiger partial charge >= 0.3 is 6.09 Å². The molecule has 2 aromatic rings. The zero-order valence-corrected chi connectivity index (χ0v) is 11.8. The van der Waals surface area contributed by atoms with Crippen LogP contribution in [0.4, 0.5) is 16.2 Å². The quantitative estimate of drug-likeness (QED) is 0.675. The first-order valence-corrected chi connectivity index (χ1v) is 6.40. The van der Waals surface area contributed by atoms with Crippen LogP contribution >= 0.6 is 0 Å². The molecule has 22 heavy (non-hydrogen) atoms. The van der Waals surface area contributed by atoms with Gasteiger partial charge in [0.15, 0.2) is 0 Å². The molecule has 1 N–H and O–H groups in total. The molecule has 114 valence electrons. The van der Waals surface area contributed by atoms with Crippen molar-refractivity contribution >= 4 is 17.5 Å². The SMILES string of the molecule is COc1ccc(NC(=O)OCc2ccccc2[N+](=O)[O-])cc1. The fourth-order valence-electron chi connectivity index (χ4n) is 1.78. The number of benzene rings is 2. The number of carbonyl (C=O) groups excluding carboxylic acids is 1. The van der Waals surface area contributed by atoms with Crippen LogP contribution in [0.2, 0.25) is 0 Å². The van der Waals surface area contributed by atoms with Crippen LogP contribution in [-0.2, 0) is 11.3 Å². The van der Waals surface area contributed by atoms with Gasteiger partial charge in [-0.25, -0.2) is 4.79 Å². The van der Waals surface area contributed by atoms with Crippen molar-refractivity contribution in [1.82, 2.24) is 0 Å². The Kier molecular flexibility index (Phi) is 4.92. The number of hydrogen-bond donors (Lipinski definition) is 1. The Hall–Kier alpha value is -3.09. The molecule has 0 atom stereocenters. The Morgan fingerprint density at radius 2 is 1.86 bits per heavy atom. The molecule has 0 saturated heterocycles. The summed E-state index contributed by atoms with van der Waals surface area (Å²) in [6.45, 7) is -0.181. The Balaban J connectivity index is 1.94. The van der Waals surface area contributed by atoms with Crippen LogP contribution in [0.5, 0.6) is 5.75 Å². The third-order valence-corrected chi connectivity index (χ3v) is 2.88. The topological polar surface area (TPSA) is 90.7 Å². The van der Waals surface area contributed by atoms with Crippen molar-refractivity contribution in [1.29, 1.82) is 0 Å². The summed E-state index contributed by atoms with van der Waals surface area (Å²) in [4.78, 5) is 22.0. The summed E-state index contributed by atoms with van der Waals surface area (Å²) in [5.74, 6) is 0.666. The normalized spacial score (nSPS) is 9.86. The molecular formula is C15H14N2O5. The van der Waals surface area contributed by atoms with Crippen LogP contribution in [0.3, 0.4) is 0 Å². The lowest BCUT2D eigenvalue weighted by Gasteiger charge is -2.08. The number of nitrogens with zero attached hydrogens (tertiary/aromatic N) is 1. The minimum absolute atomic E-state index is 0.0836. The first kappa shape index (κ1) is 15.3. The number of rotatable bonds is 5. The number of ether oxygens (including phenoxy) is 2. The number of carbonyl (C=O) groups is 1. The highest BCUT2D eigenvalue weighted by Crippen LogP contribution is 2.19. The molecule has 0 saturated carbocycles. The Morgan fingerprint density at radius 3 is 2.50 bits per heavy atom. The molecule has 0 radical (unpaired) electrons. The van der Waals surface area contributed by atoms with Gasteiger partial charge in [-0.2, -0.15) is 0 Å². The molecule has 0 aliphatic carbocycles. The summed E-state index contributed by atoms with van der Waals surface area (Å²) in [7, 11) is 1.55. The van der Waals surface area contributed by atoms with E-state index < -0.39 is 11.0 Å². The van der Waals surface area contributed by atoms with Gasteiger partial charge in [0, 0.05) is 11.8 Å². The van der Waals surface area contributed by atoms with E-state index in [9.17, 15) is 14.9 Å². The van der Waals surface area contributed by atoms with E-state index in [0.29, 0.717) is 17.0 Å². The summed E-state index contributed by atoms with van der Waals surface area (Å²) in [6.07, 6.45) is -0.691. The first-order chi connectivity index (χ1) is 10.6. The van der Waals surface area contributed by atoms with E-state index in [1.807, 2.05) is 0 Å². The smallest absolute Gasteiger partial charge is 0.411 e. The van der Waals surface area contributed by atoms with Gasteiger partial charge in [-0.1, -0.05) is 12.1 Å². The number of amides is 1. The highest BCUT2D eigenvalue weighted by molar-refractivity contribution is 5.84. The molecule has 2 rings (SSSR count). The van der Waals surface area contributed by atoms with Crippen molar-refractivity contribution < 1.29 is 19.2 Å². The average Bonchev–Trinajstić information content (AvgIpc) is 2.54. The van der Waals surface area contributed by atoms with Crippen LogP contribution in [-0.4, -0.2) is 18.1 Å². The maximum atomic E-state index is 11.7. The predicted octanol–water partition coefficient (Wildman–Crippen LogP) is 3.35. The minimum Gasteiger partial charge on any atom is -0.497 e. The Morgan fingerprint density at radius 1 is 1.18 bits per heavy atom. The number of hydrogen-bond acceptors (Lipinski definition) is 5. The van der Waals surface area contributed by atoms with Crippen LogP contribution in [0.15, 0.2) is 48.5 Å². The van der Waals surface area contributed by atoms with E-state index in [4.69, 9.17) is 9.47 Å². The molecule has 0 unspecified atom stereocenters. The maximum Gasteiger partial charge on any atom is 0.411 e. The lowest BCUT2D eigenvalue weighted by Crippen LogP contribution is -2.13. The zero-order valence-electron chi connectivity index (χ0n) is 11.8. The molecule has 1 amide bonds. The van der Waals surface area contributed by atoms with Gasteiger partial charge in [0.2, 0.25) is 0 Å². The van der Waals surface area contributed by atoms with E-state index in [0.717, 1.165) is 0 Å². The summed E-state index contributed by atoms with van der Waals surface area (Å²) in [6, 6.07) is 12.8. The minimum atomic E-state index is -0.691. The van der Waals surface area contributed by atoms with Crippen LogP contribution in [0.1, 0.15) is 5.56 Å². The maximum absolute atomic E-state index is 11.7. The van der Waals surface area contributed by atoms with E-state index in [2.05, 4.69) is 5.32 Å². The summed E-state index contributed by atoms with van der Waals surface area (Å²) in [5.41, 5.74) is 0.783. The number of anilines is 1. The van der Waals surface area contributed by atoms with E-state index in [-0.39, 0.29) is 12.3 Å². The molecule has 2 aromatic carbocycles. The fourth-order valence-corrected chi connectivity index (χ4v) is 1.78. The van der Waals surface area contributed by atoms with Crippen molar-refractivity contribution in [3.05, 3.63) is 64.2 Å². The number of nitro groups is 1. The van der Waals surface area contributed by atoms with Gasteiger partial charge in [0.05, 0.1) is 17.6 Å². The number of nitrogens with one attached hydrogen (secondary N) is 1. The lowest BCUT2D eigenvalue weighted by molar-refractivity contribution is -0.385. The predicted molar refractivity (Wildman–Crippen MR) is 79.9 cm³/mol. The van der Waals surface area contributed by atoms with Crippen molar-refractivity contribution in [2.24, 2.45) is 0 Å². The van der Waals surface area contributed by atoms with Crippen molar-refractivity contribution in [3.8, 4) is 5.75 Å². The van der Waals surface area contributed by atoms with Crippen LogP contribution in [0, 0.1) is 10.1 Å². The van der Waals surface area contributed by atoms with Crippen molar-refractivity contribution in [2.45, 2.75) is 6.61 Å². The Bertz CT molecular complexity index is 670. The third kappa shape index (κ3) is 3.95. The molecule has 0 fully saturated rings. The summed E-state index contributed by atoms with van der Waals surface area (Å²) >= 11 is 0. The van der Waals surface area contributed by atoms with Crippen LogP contribution in [0.25, 0.3) is 0 Å². The zero-order chi connectivity index (χ0) is 15.9. The third-order valence-electron chi connectivity index (χ3n) is 2.88. The van der Waals surface area contributed by atoms with Gasteiger partial charge in [0.25, 0.3) is 5.69 Å². The number of para-hydroxylation sites is 1. The largest absolute Gasteiger partial charge is 0.497 e. The van der Waals surface area contributed by atoms with Gasteiger partial charge in [-0.3, -0.25) is 15.4 Å². The standard InChI is InChI=1S/C15H14N2O5/c1-21-13-8-6-12(7-9-13)16-15(18)22-10-11-4-2-3-5-14(11)17(19)20/h2-9H,10H2,1H3,(H,16,18). The van der Waals surface area contributed by atoms with Crippen molar-refractivity contribution in [2.75, 3.05) is 12.4 Å². The number of nitro benzene ring substituents is 1. The van der Waals surface area contributed by atoms with Crippen LogP contribution < -0.4 is 10.1 Å². The summed E-state index contributed by atoms with van der Waals surface area (Å²) in [5, 5.41) is 13.4. The average molecular weight is 302 g/mol. The van der Waals surface area contributed by atoms with Crippen molar-refractivity contribution in [3.63, 3.8) is 0 Å². The molecule has 0 bridgehead atoms. The number of methoxy groups -OCH3 is 1. The molecule has 0 heterocycles. The highest BCUT2D eigenvalue weighted by Gasteiger charge is 2.14. The van der Waals surface area contributed by atoms with E-state index in [1.165, 1.54) is 6.07 Å². The Labute approximate surface area is 126 Å². The summed E-state index contributed by atoms with van der Waals surface area (Å²) < 4.78 is 10.0. The molecule has 0 aliphatic heterocycles. The molecule has 7 nitrogen and oxygen atoms in total. The van der Waals surface area contributed by atoms with Gasteiger partial charge in [0.1, 0.15) is 12.4 Å². The second-order valence-electron chi connectivity index (χ2n) is 4.32. The lowest BCUT2D eigenvalue weighted by atomic mass is 10.2. The molecular weight excluding hydrogens is 288 g/mol. The second-order valence-corrected chi connectivity index (χ2v) is 4.32. The van der Waals surface area contributed by atoms with Gasteiger partial charge in [-0.05, 0) is 30.3 Å².